The average molecular weight is 385 g/mol. The molecule has 0 radical (unpaired) electrons. The minimum atomic E-state index is -0.125. The van der Waals surface area contributed by atoms with Gasteiger partial charge in [-0.1, -0.05) is 90.9 Å². The Bertz CT molecular complexity index is 259. The minimum absolute atomic E-state index is 0.125. The van der Waals surface area contributed by atoms with E-state index in [0.29, 0.717) is 0 Å². The summed E-state index contributed by atoms with van der Waals surface area (Å²) in [6, 6.07) is 0. The summed E-state index contributed by atoms with van der Waals surface area (Å²) in [7, 11) is 0. The highest BCUT2D eigenvalue weighted by Gasteiger charge is 1.90. The van der Waals surface area contributed by atoms with E-state index in [2.05, 4.69) is 26.0 Å². The molecule has 2 N–H and O–H groups in total. The van der Waals surface area contributed by atoms with Crippen LogP contribution in [0.2, 0.25) is 0 Å². The molecular weight excluding hydrogens is 336 g/mol. The lowest BCUT2D eigenvalue weighted by atomic mass is 10.1. The number of hydrogen-bond acceptors (Lipinski definition) is 3. The van der Waals surface area contributed by atoms with Crippen molar-refractivity contribution in [3.05, 3.63) is 24.7 Å². The first kappa shape index (κ1) is 28.4. The topological polar surface area (TPSA) is 49.7 Å². The highest BCUT2D eigenvalue weighted by atomic mass is 16.5. The van der Waals surface area contributed by atoms with E-state index in [9.17, 15) is 0 Å². The fourth-order valence-electron chi connectivity index (χ4n) is 2.73. The van der Waals surface area contributed by atoms with Crippen LogP contribution >= 0.6 is 0 Å². The third kappa shape index (κ3) is 33.2. The summed E-state index contributed by atoms with van der Waals surface area (Å²) in [5.74, 6) is 0. The molecule has 0 fully saturated rings. The normalized spacial score (nSPS) is 11.1. The van der Waals surface area contributed by atoms with E-state index < -0.39 is 0 Å². The molecule has 0 amide bonds. The van der Waals surface area contributed by atoms with Gasteiger partial charge in [-0.2, -0.15) is 0 Å². The number of aliphatic hydroxyl groups is 2. The fourth-order valence-corrected chi connectivity index (χ4v) is 2.73. The van der Waals surface area contributed by atoms with Crippen LogP contribution in [-0.2, 0) is 4.74 Å². The predicted molar refractivity (Wildman–Crippen MR) is 119 cm³/mol. The van der Waals surface area contributed by atoms with Crippen molar-refractivity contribution in [3.63, 3.8) is 0 Å². The second-order valence-corrected chi connectivity index (χ2v) is 7.15. The van der Waals surface area contributed by atoms with Gasteiger partial charge in [0, 0.05) is 0 Å². The molecule has 162 valence electrons. The minimum Gasteiger partial charge on any atom is -0.473 e. The molecule has 0 rings (SSSR count). The van der Waals surface area contributed by atoms with Gasteiger partial charge in [-0.3, -0.25) is 0 Å². The monoisotopic (exact) mass is 384 g/mol. The van der Waals surface area contributed by atoms with E-state index in [4.69, 9.17) is 14.9 Å². The third-order valence-electron chi connectivity index (χ3n) is 4.40. The maximum absolute atomic E-state index is 7.62. The SMILES string of the molecule is CCCCCCCCCC=COC=CCCCCCCCCC.OCCO. The Morgan fingerprint density at radius 2 is 0.852 bits per heavy atom. The molecule has 27 heavy (non-hydrogen) atoms. The van der Waals surface area contributed by atoms with Crippen LogP contribution in [0.15, 0.2) is 24.7 Å². The van der Waals surface area contributed by atoms with E-state index in [0.717, 1.165) is 12.8 Å². The van der Waals surface area contributed by atoms with Gasteiger partial charge in [-0.25, -0.2) is 0 Å². The van der Waals surface area contributed by atoms with Crippen molar-refractivity contribution in [2.24, 2.45) is 0 Å². The zero-order valence-corrected chi connectivity index (χ0v) is 18.3. The van der Waals surface area contributed by atoms with E-state index >= 15 is 0 Å². The Labute approximate surface area is 169 Å². The molecule has 0 aliphatic heterocycles. The van der Waals surface area contributed by atoms with Crippen LogP contribution in [0.1, 0.15) is 117 Å². The molecule has 0 unspecified atom stereocenters. The van der Waals surface area contributed by atoms with E-state index in [-0.39, 0.29) is 13.2 Å². The van der Waals surface area contributed by atoms with Gasteiger partial charge in [0.1, 0.15) is 0 Å². The van der Waals surface area contributed by atoms with Crippen molar-refractivity contribution in [2.45, 2.75) is 117 Å². The van der Waals surface area contributed by atoms with Crippen LogP contribution in [0.25, 0.3) is 0 Å². The number of rotatable bonds is 19. The first-order valence-electron chi connectivity index (χ1n) is 11.5. The fraction of sp³-hybridized carbons (Fsp3) is 0.833. The number of aliphatic hydroxyl groups excluding tert-OH is 2. The maximum Gasteiger partial charge on any atom is 0.0861 e. The quantitative estimate of drug-likeness (QED) is 0.182. The summed E-state index contributed by atoms with van der Waals surface area (Å²) in [6.07, 6.45) is 29.6. The van der Waals surface area contributed by atoms with Crippen molar-refractivity contribution in [2.75, 3.05) is 13.2 Å². The molecule has 3 nitrogen and oxygen atoms in total. The number of hydrogen-bond donors (Lipinski definition) is 2. The Kier molecular flexibility index (Phi) is 31.5. The van der Waals surface area contributed by atoms with Crippen molar-refractivity contribution in [1.29, 1.82) is 0 Å². The highest BCUT2D eigenvalue weighted by molar-refractivity contribution is 4.79. The van der Waals surface area contributed by atoms with Crippen molar-refractivity contribution >= 4 is 0 Å². The van der Waals surface area contributed by atoms with Crippen LogP contribution in [0.4, 0.5) is 0 Å². The van der Waals surface area contributed by atoms with Gasteiger partial charge < -0.3 is 14.9 Å². The molecule has 0 aromatic carbocycles. The summed E-state index contributed by atoms with van der Waals surface area (Å²) in [6.45, 7) is 4.29. The lowest BCUT2D eigenvalue weighted by Gasteiger charge is -1.99. The molecule has 0 aliphatic carbocycles. The molecule has 0 spiro atoms. The zero-order chi connectivity index (χ0) is 20.3. The Morgan fingerprint density at radius 3 is 1.19 bits per heavy atom. The van der Waals surface area contributed by atoms with Gasteiger partial charge in [-0.05, 0) is 37.8 Å². The van der Waals surface area contributed by atoms with Gasteiger partial charge >= 0.3 is 0 Å². The highest BCUT2D eigenvalue weighted by Crippen LogP contribution is 2.09. The summed E-state index contributed by atoms with van der Waals surface area (Å²) >= 11 is 0. The van der Waals surface area contributed by atoms with Crippen molar-refractivity contribution in [1.82, 2.24) is 0 Å². The third-order valence-corrected chi connectivity index (χ3v) is 4.40. The zero-order valence-electron chi connectivity index (χ0n) is 18.3. The standard InChI is InChI=1S/C22H42O.C2H6O2/c1-3-5-7-9-11-13-15-17-19-21-23-22-20-18-16-14-12-10-8-6-4-2;3-1-2-4/h19-22H,3-18H2,1-2H3;3-4H,1-2H2. The van der Waals surface area contributed by atoms with Crippen LogP contribution in [-0.4, -0.2) is 23.4 Å². The van der Waals surface area contributed by atoms with E-state index in [1.807, 2.05) is 12.5 Å². The predicted octanol–water partition coefficient (Wildman–Crippen LogP) is 7.28. The van der Waals surface area contributed by atoms with Crippen LogP contribution in [0.5, 0.6) is 0 Å². The second-order valence-electron chi connectivity index (χ2n) is 7.15. The van der Waals surface area contributed by atoms with Crippen LogP contribution in [0.3, 0.4) is 0 Å². The summed E-state index contributed by atoms with van der Waals surface area (Å²) < 4.78 is 5.39. The Balaban J connectivity index is 0. The Hall–Kier alpha value is -0.800. The number of ether oxygens (including phenoxy) is 1. The average Bonchev–Trinajstić information content (AvgIpc) is 2.70. The molecular formula is C24H48O3. The van der Waals surface area contributed by atoms with Gasteiger partial charge in [0.25, 0.3) is 0 Å². The molecule has 0 saturated heterocycles. The van der Waals surface area contributed by atoms with E-state index in [1.165, 1.54) is 89.9 Å². The van der Waals surface area contributed by atoms with Crippen LogP contribution in [0, 0.1) is 0 Å². The lowest BCUT2D eigenvalue weighted by molar-refractivity contribution is 0.186. The van der Waals surface area contributed by atoms with E-state index in [1.54, 1.807) is 0 Å². The summed E-state index contributed by atoms with van der Waals surface area (Å²) in [4.78, 5) is 0. The Morgan fingerprint density at radius 1 is 0.519 bits per heavy atom. The molecule has 0 atom stereocenters. The molecule has 3 heteroatoms. The smallest absolute Gasteiger partial charge is 0.0861 e. The molecule has 0 saturated carbocycles. The molecule has 0 bridgehead atoms. The van der Waals surface area contributed by atoms with Crippen molar-refractivity contribution in [3.8, 4) is 0 Å². The summed E-state index contributed by atoms with van der Waals surface area (Å²) in [5, 5.41) is 15.2. The van der Waals surface area contributed by atoms with Gasteiger partial charge in [-0.15, -0.1) is 0 Å². The molecule has 0 aromatic rings. The van der Waals surface area contributed by atoms with Gasteiger partial charge in [0.15, 0.2) is 0 Å². The number of unbranched alkanes of at least 4 members (excludes halogenated alkanes) is 14. The van der Waals surface area contributed by atoms with Gasteiger partial charge in [0.2, 0.25) is 0 Å². The molecule has 0 aromatic heterocycles. The largest absolute Gasteiger partial charge is 0.473 e. The van der Waals surface area contributed by atoms with Crippen molar-refractivity contribution < 1.29 is 14.9 Å². The molecule has 0 heterocycles. The first-order chi connectivity index (χ1) is 13.3. The van der Waals surface area contributed by atoms with Crippen LogP contribution < -0.4 is 0 Å². The molecule has 0 aliphatic rings. The second kappa shape index (κ2) is 29.9. The van der Waals surface area contributed by atoms with Gasteiger partial charge in [0.05, 0.1) is 25.7 Å². The number of allylic oxidation sites excluding steroid dienone is 2. The lowest BCUT2D eigenvalue weighted by Crippen LogP contribution is -1.85. The first-order valence-corrected chi connectivity index (χ1v) is 11.5. The summed E-state index contributed by atoms with van der Waals surface area (Å²) in [5.41, 5.74) is 0. The maximum atomic E-state index is 7.62.